The Bertz CT molecular complexity index is 520. The van der Waals surface area contributed by atoms with Crippen molar-refractivity contribution < 1.29 is 14.5 Å². The van der Waals surface area contributed by atoms with Crippen molar-refractivity contribution in [2.75, 3.05) is 13.7 Å². The van der Waals surface area contributed by atoms with E-state index in [1.54, 1.807) is 0 Å². The molecule has 0 aliphatic carbocycles. The van der Waals surface area contributed by atoms with E-state index in [0.717, 1.165) is 6.42 Å². The molecule has 0 radical (unpaired) electrons. The number of ether oxygens (including phenoxy) is 1. The summed E-state index contributed by atoms with van der Waals surface area (Å²) in [7, 11) is 1.35. The molecule has 1 N–H and O–H groups in total. The quantitative estimate of drug-likeness (QED) is 0.461. The van der Waals surface area contributed by atoms with Crippen molar-refractivity contribution in [3.63, 3.8) is 0 Å². The second kappa shape index (κ2) is 7.97. The molecule has 7 heteroatoms. The minimum absolute atomic E-state index is 0.134. The summed E-state index contributed by atoms with van der Waals surface area (Å²) in [5, 5.41) is 13.7. The van der Waals surface area contributed by atoms with Gasteiger partial charge in [0.2, 0.25) is 0 Å². The van der Waals surface area contributed by atoms with Gasteiger partial charge in [-0.3, -0.25) is 14.9 Å². The summed E-state index contributed by atoms with van der Waals surface area (Å²) >= 11 is 3.50. The Kier molecular flexibility index (Phi) is 6.61. The number of nitrogens with zero attached hydrogens (tertiary/aromatic N) is 1. The fraction of sp³-hybridized carbons (Fsp3) is 0.500. The van der Waals surface area contributed by atoms with Gasteiger partial charge in [-0.05, 0) is 24.5 Å². The van der Waals surface area contributed by atoms with Crippen molar-refractivity contribution in [3.05, 3.63) is 33.9 Å². The molecule has 0 heterocycles. The summed E-state index contributed by atoms with van der Waals surface area (Å²) < 4.78 is 4.90. The number of nitro benzene ring substituents is 1. The van der Waals surface area contributed by atoms with E-state index in [4.69, 9.17) is 4.74 Å². The third kappa shape index (κ3) is 5.34. The summed E-state index contributed by atoms with van der Waals surface area (Å²) in [6.45, 7) is 4.67. The van der Waals surface area contributed by atoms with E-state index in [-0.39, 0.29) is 27.7 Å². The first kappa shape index (κ1) is 17.4. The average Bonchev–Trinajstić information content (AvgIpc) is 2.43. The highest BCUT2D eigenvalue weighted by molar-refractivity contribution is 9.09. The summed E-state index contributed by atoms with van der Waals surface area (Å²) in [6.07, 6.45) is 0.934. The number of halogens is 1. The van der Waals surface area contributed by atoms with Crippen LogP contribution in [-0.2, 0) is 0 Å². The van der Waals surface area contributed by atoms with E-state index in [9.17, 15) is 14.9 Å². The van der Waals surface area contributed by atoms with Gasteiger partial charge < -0.3 is 10.1 Å². The molecule has 1 atom stereocenters. The molecule has 0 bridgehead atoms. The van der Waals surface area contributed by atoms with Gasteiger partial charge in [0.1, 0.15) is 0 Å². The number of rotatable bonds is 7. The van der Waals surface area contributed by atoms with Crippen LogP contribution in [0.25, 0.3) is 0 Å². The van der Waals surface area contributed by atoms with Crippen molar-refractivity contribution in [1.29, 1.82) is 0 Å². The minimum Gasteiger partial charge on any atom is -0.490 e. The Hall–Kier alpha value is -1.63. The summed E-state index contributed by atoms with van der Waals surface area (Å²) in [5.41, 5.74) is 0.0227. The predicted octanol–water partition coefficient (Wildman–Crippen LogP) is 3.14. The van der Waals surface area contributed by atoms with Gasteiger partial charge in [-0.15, -0.1) is 0 Å². The maximum atomic E-state index is 12.0. The lowest BCUT2D eigenvalue weighted by Crippen LogP contribution is -2.30. The molecule has 0 saturated heterocycles. The zero-order valence-corrected chi connectivity index (χ0v) is 13.8. The Labute approximate surface area is 132 Å². The minimum atomic E-state index is -0.568. The number of carbonyl (C=O) groups excluding carboxylic acids is 1. The SMILES string of the molecule is COc1ccc(C(=O)NCC(Br)CC(C)C)cc1[N+](=O)[O-]. The number of benzene rings is 1. The van der Waals surface area contributed by atoms with E-state index < -0.39 is 4.92 Å². The smallest absolute Gasteiger partial charge is 0.311 e. The topological polar surface area (TPSA) is 81.5 Å². The standard InChI is InChI=1S/C14H19BrN2O4/c1-9(2)6-11(15)8-16-14(18)10-4-5-13(21-3)12(7-10)17(19)20/h4-5,7,9,11H,6,8H2,1-3H3,(H,16,18). The number of nitro groups is 1. The zero-order valence-electron chi connectivity index (χ0n) is 12.3. The molecule has 0 aliphatic heterocycles. The van der Waals surface area contributed by atoms with E-state index in [0.29, 0.717) is 12.5 Å². The van der Waals surface area contributed by atoms with Crippen LogP contribution in [0, 0.1) is 16.0 Å². The Morgan fingerprint density at radius 3 is 2.67 bits per heavy atom. The maximum absolute atomic E-state index is 12.0. The average molecular weight is 359 g/mol. The van der Waals surface area contributed by atoms with Crippen LogP contribution in [0.3, 0.4) is 0 Å². The normalized spacial score (nSPS) is 12.0. The molecule has 1 unspecified atom stereocenters. The fourth-order valence-corrected chi connectivity index (χ4v) is 2.78. The number of carbonyl (C=O) groups is 1. The number of hydrogen-bond donors (Lipinski definition) is 1. The fourth-order valence-electron chi connectivity index (χ4n) is 1.87. The Morgan fingerprint density at radius 1 is 1.48 bits per heavy atom. The third-order valence-electron chi connectivity index (χ3n) is 2.85. The molecule has 1 aromatic rings. The second-order valence-corrected chi connectivity index (χ2v) is 6.38. The number of methoxy groups -OCH3 is 1. The number of hydrogen-bond acceptors (Lipinski definition) is 4. The predicted molar refractivity (Wildman–Crippen MR) is 84.2 cm³/mol. The van der Waals surface area contributed by atoms with Gasteiger partial charge >= 0.3 is 5.69 Å². The van der Waals surface area contributed by atoms with Crippen molar-refractivity contribution in [2.45, 2.75) is 25.1 Å². The largest absolute Gasteiger partial charge is 0.490 e. The lowest BCUT2D eigenvalue weighted by molar-refractivity contribution is -0.385. The van der Waals surface area contributed by atoms with Crippen molar-refractivity contribution in [3.8, 4) is 5.75 Å². The number of nitrogens with one attached hydrogen (secondary N) is 1. The van der Waals surface area contributed by atoms with Gasteiger partial charge in [0.15, 0.2) is 5.75 Å². The summed E-state index contributed by atoms with van der Waals surface area (Å²) in [4.78, 5) is 22.6. The maximum Gasteiger partial charge on any atom is 0.311 e. The van der Waals surface area contributed by atoms with Crippen molar-refractivity contribution >= 4 is 27.5 Å². The van der Waals surface area contributed by atoms with Crippen molar-refractivity contribution in [1.82, 2.24) is 5.32 Å². The van der Waals surface area contributed by atoms with E-state index in [1.165, 1.54) is 25.3 Å². The van der Waals surface area contributed by atoms with E-state index in [1.807, 2.05) is 0 Å². The Morgan fingerprint density at radius 2 is 2.14 bits per heavy atom. The van der Waals surface area contributed by atoms with Crippen LogP contribution in [0.2, 0.25) is 0 Å². The third-order valence-corrected chi connectivity index (χ3v) is 3.55. The first-order chi connectivity index (χ1) is 9.85. The lowest BCUT2D eigenvalue weighted by Gasteiger charge is -2.13. The molecule has 116 valence electrons. The Balaban J connectivity index is 2.75. The van der Waals surface area contributed by atoms with Crippen LogP contribution in [0.5, 0.6) is 5.75 Å². The van der Waals surface area contributed by atoms with E-state index >= 15 is 0 Å². The van der Waals surface area contributed by atoms with Crippen molar-refractivity contribution in [2.24, 2.45) is 5.92 Å². The molecular weight excluding hydrogens is 340 g/mol. The molecule has 6 nitrogen and oxygen atoms in total. The number of alkyl halides is 1. The molecule has 1 amide bonds. The highest BCUT2D eigenvalue weighted by Crippen LogP contribution is 2.27. The van der Waals surface area contributed by atoms with Crippen LogP contribution >= 0.6 is 15.9 Å². The van der Waals surface area contributed by atoms with Crippen LogP contribution in [0.15, 0.2) is 18.2 Å². The molecule has 1 aromatic carbocycles. The number of amides is 1. The molecule has 21 heavy (non-hydrogen) atoms. The van der Waals surface area contributed by atoms with Gasteiger partial charge in [-0.2, -0.15) is 0 Å². The first-order valence-corrected chi connectivity index (χ1v) is 7.51. The molecule has 0 fully saturated rings. The zero-order chi connectivity index (χ0) is 16.0. The highest BCUT2D eigenvalue weighted by atomic mass is 79.9. The molecule has 0 aliphatic rings. The molecule has 1 rings (SSSR count). The molecular formula is C14H19BrN2O4. The van der Waals surface area contributed by atoms with Crippen LogP contribution in [0.1, 0.15) is 30.6 Å². The van der Waals surface area contributed by atoms with Gasteiger partial charge in [-0.1, -0.05) is 29.8 Å². The van der Waals surface area contributed by atoms with Gasteiger partial charge in [0.05, 0.1) is 12.0 Å². The summed E-state index contributed by atoms with van der Waals surface area (Å²) in [6, 6.07) is 4.15. The summed E-state index contributed by atoms with van der Waals surface area (Å²) in [5.74, 6) is 0.317. The van der Waals surface area contributed by atoms with Gasteiger partial charge in [0, 0.05) is 23.0 Å². The lowest BCUT2D eigenvalue weighted by atomic mass is 10.1. The molecule has 0 aromatic heterocycles. The highest BCUT2D eigenvalue weighted by Gasteiger charge is 2.18. The van der Waals surface area contributed by atoms with E-state index in [2.05, 4.69) is 35.1 Å². The monoisotopic (exact) mass is 358 g/mol. The first-order valence-electron chi connectivity index (χ1n) is 6.59. The molecule has 0 saturated carbocycles. The van der Waals surface area contributed by atoms with Gasteiger partial charge in [-0.25, -0.2) is 0 Å². The molecule has 0 spiro atoms. The van der Waals surface area contributed by atoms with Crippen LogP contribution < -0.4 is 10.1 Å². The van der Waals surface area contributed by atoms with Crippen LogP contribution in [0.4, 0.5) is 5.69 Å². The van der Waals surface area contributed by atoms with Gasteiger partial charge in [0.25, 0.3) is 5.91 Å². The van der Waals surface area contributed by atoms with Crippen LogP contribution in [-0.4, -0.2) is 29.3 Å². The second-order valence-electron chi connectivity index (χ2n) is 5.08.